The fraction of sp³-hybridized carbons (Fsp3) is 0.381. The third-order valence-corrected chi connectivity index (χ3v) is 5.27. The molecular formula is C21H22FN3O4. The van der Waals surface area contributed by atoms with Crippen molar-refractivity contribution in [3.63, 3.8) is 0 Å². The van der Waals surface area contributed by atoms with Crippen molar-refractivity contribution in [3.05, 3.63) is 48.4 Å². The van der Waals surface area contributed by atoms with Crippen molar-refractivity contribution in [1.29, 1.82) is 0 Å². The number of carbonyl (C=O) groups excluding carboxylic acids is 2. The van der Waals surface area contributed by atoms with E-state index in [1.54, 1.807) is 29.0 Å². The molecule has 2 amide bonds. The fourth-order valence-electron chi connectivity index (χ4n) is 3.81. The highest BCUT2D eigenvalue weighted by Crippen LogP contribution is 2.29. The molecule has 0 bridgehead atoms. The lowest BCUT2D eigenvalue weighted by Crippen LogP contribution is -2.37. The van der Waals surface area contributed by atoms with Gasteiger partial charge in [-0.25, -0.2) is 0 Å². The van der Waals surface area contributed by atoms with Crippen LogP contribution in [0.15, 0.2) is 42.5 Å². The standard InChI is InChI=1S/C21H22FN3O4/c1-28-16-5-2-4-15(11-16)25-12-14(10-20(25)26)21(27)24-9-8-17(13-24)29-19-7-3-6-18(22)23-19/h2-7,11,14,17H,8-10,12-13H2,1H3. The summed E-state index contributed by atoms with van der Waals surface area (Å²) in [5.74, 6) is -0.245. The molecule has 2 atom stereocenters. The van der Waals surface area contributed by atoms with Crippen LogP contribution in [0.2, 0.25) is 0 Å². The number of ether oxygens (including phenoxy) is 2. The monoisotopic (exact) mass is 399 g/mol. The molecule has 1 aromatic heterocycles. The summed E-state index contributed by atoms with van der Waals surface area (Å²) in [5.41, 5.74) is 0.726. The molecule has 0 N–H and O–H groups in total. The number of benzene rings is 1. The number of halogens is 1. The van der Waals surface area contributed by atoms with E-state index >= 15 is 0 Å². The van der Waals surface area contributed by atoms with Crippen LogP contribution in [0.4, 0.5) is 10.1 Å². The summed E-state index contributed by atoms with van der Waals surface area (Å²) in [4.78, 5) is 32.5. The molecule has 29 heavy (non-hydrogen) atoms. The number of pyridine rings is 1. The first kappa shape index (κ1) is 19.2. The van der Waals surface area contributed by atoms with E-state index in [1.807, 2.05) is 18.2 Å². The molecule has 152 valence electrons. The van der Waals surface area contributed by atoms with Crippen molar-refractivity contribution in [3.8, 4) is 11.6 Å². The number of aromatic nitrogens is 1. The van der Waals surface area contributed by atoms with Crippen molar-refractivity contribution in [2.24, 2.45) is 5.92 Å². The summed E-state index contributed by atoms with van der Waals surface area (Å²) in [6.45, 7) is 1.29. The van der Waals surface area contributed by atoms with Crippen LogP contribution in [-0.4, -0.2) is 54.5 Å². The Labute approximate surface area is 168 Å². The van der Waals surface area contributed by atoms with E-state index in [-0.39, 0.29) is 36.1 Å². The van der Waals surface area contributed by atoms with Crippen LogP contribution >= 0.6 is 0 Å². The number of methoxy groups -OCH3 is 1. The first-order valence-corrected chi connectivity index (χ1v) is 9.56. The average Bonchev–Trinajstić information content (AvgIpc) is 3.34. The lowest BCUT2D eigenvalue weighted by atomic mass is 10.1. The molecule has 2 unspecified atom stereocenters. The summed E-state index contributed by atoms with van der Waals surface area (Å²) < 4.78 is 24.1. The second kappa shape index (κ2) is 8.06. The average molecular weight is 399 g/mol. The van der Waals surface area contributed by atoms with Gasteiger partial charge in [0.2, 0.25) is 23.6 Å². The van der Waals surface area contributed by atoms with E-state index in [9.17, 15) is 14.0 Å². The summed E-state index contributed by atoms with van der Waals surface area (Å²) >= 11 is 0. The maximum atomic E-state index is 13.2. The van der Waals surface area contributed by atoms with E-state index in [1.165, 1.54) is 12.1 Å². The van der Waals surface area contributed by atoms with Crippen LogP contribution in [0.3, 0.4) is 0 Å². The predicted molar refractivity (Wildman–Crippen MR) is 103 cm³/mol. The fourth-order valence-corrected chi connectivity index (χ4v) is 3.81. The summed E-state index contributed by atoms with van der Waals surface area (Å²) in [6, 6.07) is 11.6. The topological polar surface area (TPSA) is 72.0 Å². The van der Waals surface area contributed by atoms with Gasteiger partial charge in [-0.3, -0.25) is 9.59 Å². The van der Waals surface area contributed by atoms with Crippen molar-refractivity contribution in [2.45, 2.75) is 18.9 Å². The molecule has 1 aromatic carbocycles. The van der Waals surface area contributed by atoms with Gasteiger partial charge in [0, 0.05) is 43.8 Å². The van der Waals surface area contributed by atoms with Crippen molar-refractivity contribution in [1.82, 2.24) is 9.88 Å². The third-order valence-electron chi connectivity index (χ3n) is 5.27. The molecule has 3 heterocycles. The first-order valence-electron chi connectivity index (χ1n) is 9.56. The third kappa shape index (κ3) is 4.16. The minimum Gasteiger partial charge on any atom is -0.497 e. The second-order valence-corrected chi connectivity index (χ2v) is 7.22. The molecule has 7 nitrogen and oxygen atoms in total. The number of anilines is 1. The van der Waals surface area contributed by atoms with Crippen LogP contribution < -0.4 is 14.4 Å². The number of carbonyl (C=O) groups is 2. The van der Waals surface area contributed by atoms with Gasteiger partial charge >= 0.3 is 0 Å². The number of hydrogen-bond acceptors (Lipinski definition) is 5. The van der Waals surface area contributed by atoms with Crippen LogP contribution in [0.1, 0.15) is 12.8 Å². The Hall–Kier alpha value is -3.16. The van der Waals surface area contributed by atoms with Crippen molar-refractivity contribution < 1.29 is 23.5 Å². The van der Waals surface area contributed by atoms with E-state index in [4.69, 9.17) is 9.47 Å². The van der Waals surface area contributed by atoms with Gasteiger partial charge in [0.25, 0.3) is 0 Å². The number of hydrogen-bond donors (Lipinski definition) is 0. The van der Waals surface area contributed by atoms with Gasteiger partial charge in [-0.05, 0) is 18.2 Å². The molecular weight excluding hydrogens is 377 g/mol. The van der Waals surface area contributed by atoms with Gasteiger partial charge in [-0.1, -0.05) is 12.1 Å². The molecule has 2 aliphatic heterocycles. The van der Waals surface area contributed by atoms with E-state index in [2.05, 4.69) is 4.98 Å². The molecule has 2 aliphatic rings. The van der Waals surface area contributed by atoms with Gasteiger partial charge in [0.1, 0.15) is 11.9 Å². The molecule has 2 fully saturated rings. The molecule has 8 heteroatoms. The maximum absolute atomic E-state index is 13.2. The van der Waals surface area contributed by atoms with E-state index < -0.39 is 5.95 Å². The van der Waals surface area contributed by atoms with Crippen LogP contribution in [0, 0.1) is 11.9 Å². The zero-order valence-corrected chi connectivity index (χ0v) is 16.1. The Balaban J connectivity index is 1.37. The Morgan fingerprint density at radius 2 is 2.03 bits per heavy atom. The first-order chi connectivity index (χ1) is 14.0. The molecule has 0 spiro atoms. The highest BCUT2D eigenvalue weighted by molar-refractivity contribution is 6.00. The SMILES string of the molecule is COc1cccc(N2CC(C(=O)N3CCC(Oc4cccc(F)n4)C3)CC2=O)c1. The minimum absolute atomic E-state index is 0.0537. The summed E-state index contributed by atoms with van der Waals surface area (Å²) in [7, 11) is 1.57. The molecule has 2 aromatic rings. The van der Waals surface area contributed by atoms with E-state index in [0.717, 1.165) is 5.69 Å². The van der Waals surface area contributed by atoms with Crippen LogP contribution in [-0.2, 0) is 9.59 Å². The van der Waals surface area contributed by atoms with Gasteiger partial charge in [0.05, 0.1) is 19.6 Å². The Morgan fingerprint density at radius 1 is 1.21 bits per heavy atom. The largest absolute Gasteiger partial charge is 0.497 e. The lowest BCUT2D eigenvalue weighted by Gasteiger charge is -2.21. The Bertz CT molecular complexity index is 922. The highest BCUT2D eigenvalue weighted by Gasteiger charge is 2.39. The molecule has 2 saturated heterocycles. The smallest absolute Gasteiger partial charge is 0.228 e. The van der Waals surface area contributed by atoms with Crippen LogP contribution in [0.5, 0.6) is 11.6 Å². The zero-order valence-electron chi connectivity index (χ0n) is 16.1. The number of likely N-dealkylation sites (tertiary alicyclic amines) is 1. The zero-order chi connectivity index (χ0) is 20.4. The van der Waals surface area contributed by atoms with Gasteiger partial charge in [-0.2, -0.15) is 9.37 Å². The lowest BCUT2D eigenvalue weighted by molar-refractivity contribution is -0.135. The van der Waals surface area contributed by atoms with Crippen molar-refractivity contribution in [2.75, 3.05) is 31.6 Å². The maximum Gasteiger partial charge on any atom is 0.228 e. The van der Waals surface area contributed by atoms with Gasteiger partial charge in [-0.15, -0.1) is 0 Å². The number of nitrogens with zero attached hydrogens (tertiary/aromatic N) is 3. The molecule has 0 aliphatic carbocycles. The molecule has 0 saturated carbocycles. The molecule has 0 radical (unpaired) electrons. The van der Waals surface area contributed by atoms with Gasteiger partial charge < -0.3 is 19.3 Å². The van der Waals surface area contributed by atoms with Crippen LogP contribution in [0.25, 0.3) is 0 Å². The molecule has 4 rings (SSSR count). The second-order valence-electron chi connectivity index (χ2n) is 7.22. The van der Waals surface area contributed by atoms with E-state index in [0.29, 0.717) is 31.8 Å². The minimum atomic E-state index is -0.601. The quantitative estimate of drug-likeness (QED) is 0.722. The Kier molecular flexibility index (Phi) is 5.33. The van der Waals surface area contributed by atoms with Gasteiger partial charge in [0.15, 0.2) is 0 Å². The normalized spacial score (nSPS) is 21.5. The number of rotatable bonds is 5. The summed E-state index contributed by atoms with van der Waals surface area (Å²) in [6.07, 6.45) is 0.591. The van der Waals surface area contributed by atoms with Crippen molar-refractivity contribution >= 4 is 17.5 Å². The predicted octanol–water partition coefficient (Wildman–Crippen LogP) is 2.26. The number of amides is 2. The Morgan fingerprint density at radius 3 is 2.83 bits per heavy atom. The highest BCUT2D eigenvalue weighted by atomic mass is 19.1. The summed E-state index contributed by atoms with van der Waals surface area (Å²) in [5, 5.41) is 0.